The lowest BCUT2D eigenvalue weighted by Crippen LogP contribution is -2.40. The van der Waals surface area contributed by atoms with Gasteiger partial charge in [0.15, 0.2) is 0 Å². The van der Waals surface area contributed by atoms with E-state index < -0.39 is 0 Å². The van der Waals surface area contributed by atoms with E-state index in [-0.39, 0.29) is 30.9 Å². The number of aromatic nitrogens is 2. The molecule has 6 heteroatoms. The number of carbonyl (C=O) groups is 2. The average Bonchev–Trinajstić information content (AvgIpc) is 2.72. The molecule has 112 valence electrons. The highest BCUT2D eigenvalue weighted by Crippen LogP contribution is 2.14. The fourth-order valence-electron chi connectivity index (χ4n) is 2.15. The van der Waals surface area contributed by atoms with Gasteiger partial charge >= 0.3 is 0 Å². The van der Waals surface area contributed by atoms with Crippen LogP contribution in [0.1, 0.15) is 19.7 Å². The third kappa shape index (κ3) is 3.81. The summed E-state index contributed by atoms with van der Waals surface area (Å²) in [7, 11) is 0. The smallest absolute Gasteiger partial charge is 0.240 e. The lowest BCUT2D eigenvalue weighted by Gasteiger charge is -2.10. The number of imidazole rings is 1. The van der Waals surface area contributed by atoms with Crippen LogP contribution in [0, 0.1) is 6.92 Å². The molecule has 0 aliphatic heterocycles. The number of aryl methyl sites for hydroxylation is 1. The molecule has 0 aliphatic carbocycles. The number of nitrogens with one attached hydrogen (secondary N) is 2. The van der Waals surface area contributed by atoms with E-state index in [1.807, 2.05) is 49.6 Å². The molecule has 0 saturated carbocycles. The number of benzene rings is 1. The van der Waals surface area contributed by atoms with Gasteiger partial charge in [0.25, 0.3) is 0 Å². The number of hydrogen-bond acceptors (Lipinski definition) is 3. The first-order valence-electron chi connectivity index (χ1n) is 6.95. The minimum Gasteiger partial charge on any atom is -0.352 e. The molecule has 1 aromatic carbocycles. The summed E-state index contributed by atoms with van der Waals surface area (Å²) in [5, 5.41) is 5.34. The summed E-state index contributed by atoms with van der Waals surface area (Å²) >= 11 is 0. The maximum atomic E-state index is 12.0. The normalized spacial score (nSPS) is 10.9. The summed E-state index contributed by atoms with van der Waals surface area (Å²) in [5.74, 6) is 0.378. The van der Waals surface area contributed by atoms with Crippen molar-refractivity contribution in [2.24, 2.45) is 0 Å². The third-order valence-corrected chi connectivity index (χ3v) is 3.04. The summed E-state index contributed by atoms with van der Waals surface area (Å²) in [6, 6.07) is 7.72. The first kappa shape index (κ1) is 15.0. The quantitative estimate of drug-likeness (QED) is 0.861. The third-order valence-electron chi connectivity index (χ3n) is 3.04. The van der Waals surface area contributed by atoms with Crippen LogP contribution in [0.5, 0.6) is 0 Å². The minimum absolute atomic E-state index is 0.0112. The summed E-state index contributed by atoms with van der Waals surface area (Å²) in [5.41, 5.74) is 1.78. The highest BCUT2D eigenvalue weighted by Gasteiger charge is 2.11. The Hall–Kier alpha value is -2.37. The van der Waals surface area contributed by atoms with Crippen molar-refractivity contribution >= 4 is 22.8 Å². The molecule has 0 spiro atoms. The maximum Gasteiger partial charge on any atom is 0.240 e. The van der Waals surface area contributed by atoms with Crippen molar-refractivity contribution in [2.45, 2.75) is 33.4 Å². The molecule has 0 bridgehead atoms. The van der Waals surface area contributed by atoms with Gasteiger partial charge in [-0.2, -0.15) is 0 Å². The SMILES string of the molecule is Cc1nc2ccccc2n1CC(=O)NCC(=O)NC(C)C. The van der Waals surface area contributed by atoms with E-state index in [1.165, 1.54) is 0 Å². The maximum absolute atomic E-state index is 12.0. The molecule has 1 heterocycles. The molecule has 0 saturated heterocycles. The zero-order valence-electron chi connectivity index (χ0n) is 12.5. The van der Waals surface area contributed by atoms with Crippen molar-refractivity contribution in [3.05, 3.63) is 30.1 Å². The Bertz CT molecular complexity index is 661. The minimum atomic E-state index is -0.208. The molecule has 0 aliphatic rings. The van der Waals surface area contributed by atoms with Gasteiger partial charge in [-0.05, 0) is 32.9 Å². The first-order chi connectivity index (χ1) is 9.97. The summed E-state index contributed by atoms with van der Waals surface area (Å²) < 4.78 is 1.84. The van der Waals surface area contributed by atoms with Gasteiger partial charge in [-0.1, -0.05) is 12.1 Å². The lowest BCUT2D eigenvalue weighted by molar-refractivity contribution is -0.126. The second-order valence-electron chi connectivity index (χ2n) is 5.23. The van der Waals surface area contributed by atoms with E-state index in [4.69, 9.17) is 0 Å². The predicted octanol–water partition coefficient (Wildman–Crippen LogP) is 0.986. The number of amides is 2. The largest absolute Gasteiger partial charge is 0.352 e. The van der Waals surface area contributed by atoms with Gasteiger partial charge in [0.2, 0.25) is 11.8 Å². The molecule has 0 atom stereocenters. The van der Waals surface area contributed by atoms with E-state index in [2.05, 4.69) is 15.6 Å². The van der Waals surface area contributed by atoms with Crippen molar-refractivity contribution in [1.82, 2.24) is 20.2 Å². The zero-order valence-corrected chi connectivity index (χ0v) is 12.5. The van der Waals surface area contributed by atoms with Crippen LogP contribution in [0.25, 0.3) is 11.0 Å². The van der Waals surface area contributed by atoms with E-state index >= 15 is 0 Å². The van der Waals surface area contributed by atoms with Crippen LogP contribution < -0.4 is 10.6 Å². The van der Waals surface area contributed by atoms with Crippen LogP contribution in [-0.2, 0) is 16.1 Å². The van der Waals surface area contributed by atoms with Crippen LogP contribution in [0.4, 0.5) is 0 Å². The highest BCUT2D eigenvalue weighted by molar-refractivity contribution is 5.86. The highest BCUT2D eigenvalue weighted by atomic mass is 16.2. The molecule has 0 fully saturated rings. The van der Waals surface area contributed by atoms with Crippen molar-refractivity contribution in [3.63, 3.8) is 0 Å². The lowest BCUT2D eigenvalue weighted by atomic mass is 10.3. The standard InChI is InChI=1S/C15H20N4O2/c1-10(2)17-14(20)8-16-15(21)9-19-11(3)18-12-6-4-5-7-13(12)19/h4-7,10H,8-9H2,1-3H3,(H,16,21)(H,17,20). The summed E-state index contributed by atoms with van der Waals surface area (Å²) in [6.07, 6.45) is 0. The monoisotopic (exact) mass is 288 g/mol. The van der Waals surface area contributed by atoms with E-state index in [0.717, 1.165) is 16.9 Å². The predicted molar refractivity (Wildman–Crippen MR) is 80.8 cm³/mol. The Morgan fingerprint density at radius 2 is 1.95 bits per heavy atom. The Labute approximate surface area is 123 Å². The van der Waals surface area contributed by atoms with Crippen LogP contribution in [0.3, 0.4) is 0 Å². The molecular weight excluding hydrogens is 268 g/mol. The van der Waals surface area contributed by atoms with Gasteiger partial charge in [-0.3, -0.25) is 9.59 Å². The second-order valence-corrected chi connectivity index (χ2v) is 5.23. The second kappa shape index (κ2) is 6.39. The Kier molecular flexibility index (Phi) is 4.57. The number of fused-ring (bicyclic) bond motifs is 1. The average molecular weight is 288 g/mol. The van der Waals surface area contributed by atoms with Crippen LogP contribution >= 0.6 is 0 Å². The van der Waals surface area contributed by atoms with Crippen molar-refractivity contribution in [3.8, 4) is 0 Å². The summed E-state index contributed by atoms with van der Waals surface area (Å²) in [6.45, 7) is 5.75. The van der Waals surface area contributed by atoms with Crippen LogP contribution in [0.15, 0.2) is 24.3 Å². The fraction of sp³-hybridized carbons (Fsp3) is 0.400. The molecule has 2 N–H and O–H groups in total. The van der Waals surface area contributed by atoms with Gasteiger partial charge in [0.1, 0.15) is 12.4 Å². The Morgan fingerprint density at radius 1 is 1.24 bits per heavy atom. The topological polar surface area (TPSA) is 76.0 Å². The number of hydrogen-bond donors (Lipinski definition) is 2. The molecule has 1 aromatic heterocycles. The summed E-state index contributed by atoms with van der Waals surface area (Å²) in [4.78, 5) is 27.9. The molecule has 0 radical (unpaired) electrons. The first-order valence-corrected chi connectivity index (χ1v) is 6.95. The van der Waals surface area contributed by atoms with Gasteiger partial charge in [-0.15, -0.1) is 0 Å². The Balaban J connectivity index is 1.99. The zero-order chi connectivity index (χ0) is 15.4. The molecule has 21 heavy (non-hydrogen) atoms. The number of rotatable bonds is 5. The van der Waals surface area contributed by atoms with Crippen molar-refractivity contribution in [2.75, 3.05) is 6.54 Å². The number of carbonyl (C=O) groups excluding carboxylic acids is 2. The van der Waals surface area contributed by atoms with Gasteiger partial charge < -0.3 is 15.2 Å². The van der Waals surface area contributed by atoms with E-state index in [1.54, 1.807) is 0 Å². The molecule has 2 rings (SSSR count). The number of nitrogens with zero attached hydrogens (tertiary/aromatic N) is 2. The van der Waals surface area contributed by atoms with Crippen LogP contribution in [0.2, 0.25) is 0 Å². The van der Waals surface area contributed by atoms with Crippen molar-refractivity contribution < 1.29 is 9.59 Å². The fourth-order valence-corrected chi connectivity index (χ4v) is 2.15. The van der Waals surface area contributed by atoms with Crippen molar-refractivity contribution in [1.29, 1.82) is 0 Å². The van der Waals surface area contributed by atoms with Gasteiger partial charge in [0.05, 0.1) is 17.6 Å². The van der Waals surface area contributed by atoms with Crippen LogP contribution in [-0.4, -0.2) is 34.0 Å². The van der Waals surface area contributed by atoms with Gasteiger partial charge in [-0.25, -0.2) is 4.98 Å². The Morgan fingerprint density at radius 3 is 2.67 bits per heavy atom. The number of para-hydroxylation sites is 2. The molecular formula is C15H20N4O2. The molecule has 2 amide bonds. The van der Waals surface area contributed by atoms with E-state index in [9.17, 15) is 9.59 Å². The molecule has 6 nitrogen and oxygen atoms in total. The molecule has 2 aromatic rings. The van der Waals surface area contributed by atoms with Gasteiger partial charge in [0, 0.05) is 6.04 Å². The van der Waals surface area contributed by atoms with E-state index in [0.29, 0.717) is 0 Å². The molecule has 0 unspecified atom stereocenters.